The van der Waals surface area contributed by atoms with E-state index in [0.717, 1.165) is 12.8 Å². The Morgan fingerprint density at radius 1 is 1.41 bits per heavy atom. The summed E-state index contributed by atoms with van der Waals surface area (Å²) in [5, 5.41) is 0. The van der Waals surface area contributed by atoms with E-state index in [1.165, 1.54) is 4.90 Å². The molecule has 0 aromatic carbocycles. The molecule has 130 valence electrons. The molecule has 0 spiro atoms. The third-order valence-corrected chi connectivity index (χ3v) is 4.51. The van der Waals surface area contributed by atoms with Crippen LogP contribution in [0.3, 0.4) is 0 Å². The maximum atomic E-state index is 12.5. The normalized spacial score (nSPS) is 22.2. The summed E-state index contributed by atoms with van der Waals surface area (Å²) in [6.07, 6.45) is -2.60. The van der Waals surface area contributed by atoms with Crippen LogP contribution in [0.15, 0.2) is 0 Å². The minimum absolute atomic E-state index is 0.0734. The number of carbonyl (C=O) groups excluding carboxylic acids is 1. The van der Waals surface area contributed by atoms with E-state index < -0.39 is 18.8 Å². The molecule has 3 unspecified atom stereocenters. The molecule has 2 N–H and O–H groups in total. The number of nitrogens with two attached hydrogens (primary N) is 1. The number of rotatable bonds is 7. The predicted molar refractivity (Wildman–Crippen MR) is 80.3 cm³/mol. The van der Waals surface area contributed by atoms with Crippen LogP contribution in [0.25, 0.3) is 0 Å². The molecule has 1 saturated heterocycles. The monoisotopic (exact) mass is 323 g/mol. The standard InChI is InChI=1S/C15H28F3N3O/c1-4-11(3)13(19)14(22)21-7-6-12(9-21)8-20(5-2)10-15(16,17)18/h11-13H,4-10,19H2,1-3H3. The molecular weight excluding hydrogens is 295 g/mol. The SMILES string of the molecule is CCC(C)C(N)C(=O)N1CCC(CN(CC)CC(F)(F)F)C1. The van der Waals surface area contributed by atoms with E-state index >= 15 is 0 Å². The maximum absolute atomic E-state index is 12.5. The van der Waals surface area contributed by atoms with Gasteiger partial charge >= 0.3 is 6.18 Å². The molecule has 1 fully saturated rings. The van der Waals surface area contributed by atoms with Crippen LogP contribution >= 0.6 is 0 Å². The number of halogens is 3. The Morgan fingerprint density at radius 3 is 2.55 bits per heavy atom. The summed E-state index contributed by atoms with van der Waals surface area (Å²) in [4.78, 5) is 15.4. The van der Waals surface area contributed by atoms with E-state index in [1.807, 2.05) is 13.8 Å². The van der Waals surface area contributed by atoms with Gasteiger partial charge in [-0.1, -0.05) is 27.2 Å². The quantitative estimate of drug-likeness (QED) is 0.780. The fourth-order valence-electron chi connectivity index (χ4n) is 2.81. The van der Waals surface area contributed by atoms with Crippen molar-refractivity contribution in [3.05, 3.63) is 0 Å². The Hall–Kier alpha value is -0.820. The fraction of sp³-hybridized carbons (Fsp3) is 0.933. The van der Waals surface area contributed by atoms with Crippen LogP contribution in [-0.2, 0) is 4.79 Å². The third-order valence-electron chi connectivity index (χ3n) is 4.51. The molecule has 0 aliphatic carbocycles. The van der Waals surface area contributed by atoms with Gasteiger partial charge in [0, 0.05) is 19.6 Å². The van der Waals surface area contributed by atoms with Crippen LogP contribution in [0.5, 0.6) is 0 Å². The Labute approximate surface area is 130 Å². The van der Waals surface area contributed by atoms with E-state index in [1.54, 1.807) is 11.8 Å². The molecule has 22 heavy (non-hydrogen) atoms. The van der Waals surface area contributed by atoms with Crippen molar-refractivity contribution in [2.24, 2.45) is 17.6 Å². The predicted octanol–water partition coefficient (Wildman–Crippen LogP) is 2.09. The molecule has 0 aromatic rings. The second-order valence-electron chi connectivity index (χ2n) is 6.29. The lowest BCUT2D eigenvalue weighted by Gasteiger charge is -2.26. The van der Waals surface area contributed by atoms with Gasteiger partial charge in [-0.15, -0.1) is 0 Å². The minimum Gasteiger partial charge on any atom is -0.341 e. The molecule has 7 heteroatoms. The van der Waals surface area contributed by atoms with Gasteiger partial charge in [0.1, 0.15) is 0 Å². The fourth-order valence-corrected chi connectivity index (χ4v) is 2.81. The Morgan fingerprint density at radius 2 is 2.05 bits per heavy atom. The summed E-state index contributed by atoms with van der Waals surface area (Å²) < 4.78 is 37.4. The van der Waals surface area contributed by atoms with E-state index in [9.17, 15) is 18.0 Å². The molecule has 4 nitrogen and oxygen atoms in total. The summed E-state index contributed by atoms with van der Waals surface area (Å²) in [5.41, 5.74) is 5.96. The van der Waals surface area contributed by atoms with Gasteiger partial charge in [0.25, 0.3) is 0 Å². The minimum atomic E-state index is -4.18. The van der Waals surface area contributed by atoms with Crippen LogP contribution in [-0.4, -0.2) is 60.6 Å². The van der Waals surface area contributed by atoms with Gasteiger partial charge in [-0.25, -0.2) is 0 Å². The highest BCUT2D eigenvalue weighted by atomic mass is 19.4. The lowest BCUT2D eigenvalue weighted by Crippen LogP contribution is -2.46. The van der Waals surface area contributed by atoms with Crippen molar-refractivity contribution in [1.82, 2.24) is 9.80 Å². The van der Waals surface area contributed by atoms with Crippen molar-refractivity contribution in [1.29, 1.82) is 0 Å². The zero-order chi connectivity index (χ0) is 16.9. The lowest BCUT2D eigenvalue weighted by molar-refractivity contribution is -0.146. The van der Waals surface area contributed by atoms with Crippen molar-refractivity contribution in [2.75, 3.05) is 32.7 Å². The first kappa shape index (κ1) is 19.2. The molecule has 1 amide bonds. The maximum Gasteiger partial charge on any atom is 0.401 e. The summed E-state index contributed by atoms with van der Waals surface area (Å²) in [6.45, 7) is 6.60. The largest absolute Gasteiger partial charge is 0.401 e. The van der Waals surface area contributed by atoms with E-state index in [2.05, 4.69) is 0 Å². The zero-order valence-electron chi connectivity index (χ0n) is 13.7. The number of amides is 1. The van der Waals surface area contributed by atoms with Gasteiger partial charge in [-0.2, -0.15) is 13.2 Å². The van der Waals surface area contributed by atoms with Gasteiger partial charge in [0.15, 0.2) is 0 Å². The first-order chi connectivity index (χ1) is 10.2. The van der Waals surface area contributed by atoms with Gasteiger partial charge in [0.2, 0.25) is 5.91 Å². The molecule has 3 atom stereocenters. The van der Waals surface area contributed by atoms with Crippen molar-refractivity contribution in [3.63, 3.8) is 0 Å². The molecule has 0 radical (unpaired) electrons. The van der Waals surface area contributed by atoms with Gasteiger partial charge < -0.3 is 10.6 Å². The highest BCUT2D eigenvalue weighted by Gasteiger charge is 2.34. The second kappa shape index (κ2) is 8.15. The summed E-state index contributed by atoms with van der Waals surface area (Å²) in [6, 6.07) is -0.513. The Kier molecular flexibility index (Phi) is 7.12. The zero-order valence-corrected chi connectivity index (χ0v) is 13.7. The Balaban J connectivity index is 2.50. The van der Waals surface area contributed by atoms with Gasteiger partial charge in [0.05, 0.1) is 12.6 Å². The van der Waals surface area contributed by atoms with Crippen molar-refractivity contribution < 1.29 is 18.0 Å². The lowest BCUT2D eigenvalue weighted by atomic mass is 9.99. The molecular formula is C15H28F3N3O. The number of likely N-dealkylation sites (tertiary alicyclic amines) is 1. The van der Waals surface area contributed by atoms with Crippen molar-refractivity contribution in [2.45, 2.75) is 45.8 Å². The molecule has 1 rings (SSSR count). The smallest absolute Gasteiger partial charge is 0.341 e. The van der Waals surface area contributed by atoms with Crippen LogP contribution < -0.4 is 5.73 Å². The number of hydrogen-bond acceptors (Lipinski definition) is 3. The molecule has 0 saturated carbocycles. The van der Waals surface area contributed by atoms with E-state index in [0.29, 0.717) is 26.2 Å². The van der Waals surface area contributed by atoms with Crippen molar-refractivity contribution in [3.8, 4) is 0 Å². The summed E-state index contributed by atoms with van der Waals surface area (Å²) in [7, 11) is 0. The average Bonchev–Trinajstić information content (AvgIpc) is 2.91. The summed E-state index contributed by atoms with van der Waals surface area (Å²) >= 11 is 0. The van der Waals surface area contributed by atoms with E-state index in [-0.39, 0.29) is 17.7 Å². The van der Waals surface area contributed by atoms with Gasteiger partial charge in [-0.3, -0.25) is 9.69 Å². The highest BCUT2D eigenvalue weighted by molar-refractivity contribution is 5.82. The van der Waals surface area contributed by atoms with Crippen LogP contribution in [0.1, 0.15) is 33.6 Å². The van der Waals surface area contributed by atoms with Crippen molar-refractivity contribution >= 4 is 5.91 Å². The van der Waals surface area contributed by atoms with E-state index in [4.69, 9.17) is 5.73 Å². The molecule has 0 aromatic heterocycles. The summed E-state index contributed by atoms with van der Waals surface area (Å²) in [5.74, 6) is 0.134. The number of carbonyl (C=O) groups is 1. The second-order valence-corrected chi connectivity index (χ2v) is 6.29. The average molecular weight is 323 g/mol. The van der Waals surface area contributed by atoms with Crippen LogP contribution in [0.4, 0.5) is 13.2 Å². The van der Waals surface area contributed by atoms with Gasteiger partial charge in [-0.05, 0) is 24.8 Å². The molecule has 1 aliphatic heterocycles. The highest BCUT2D eigenvalue weighted by Crippen LogP contribution is 2.22. The van der Waals surface area contributed by atoms with Crippen LogP contribution in [0, 0.1) is 11.8 Å². The molecule has 1 heterocycles. The first-order valence-corrected chi connectivity index (χ1v) is 8.01. The first-order valence-electron chi connectivity index (χ1n) is 8.01. The third kappa shape index (κ3) is 5.76. The Bertz CT molecular complexity index is 362. The topological polar surface area (TPSA) is 49.6 Å². The number of alkyl halides is 3. The molecule has 1 aliphatic rings. The number of nitrogens with zero attached hydrogens (tertiary/aromatic N) is 2. The molecule has 0 bridgehead atoms. The number of hydrogen-bond donors (Lipinski definition) is 1. The van der Waals surface area contributed by atoms with Crippen LogP contribution in [0.2, 0.25) is 0 Å².